The van der Waals surface area contributed by atoms with E-state index in [1.807, 2.05) is 13.0 Å². The first kappa shape index (κ1) is 15.2. The van der Waals surface area contributed by atoms with Crippen LogP contribution in [0.3, 0.4) is 0 Å². The highest BCUT2D eigenvalue weighted by atomic mass is 16.2. The van der Waals surface area contributed by atoms with Crippen LogP contribution in [0.2, 0.25) is 0 Å². The highest BCUT2D eigenvalue weighted by Crippen LogP contribution is 2.25. The summed E-state index contributed by atoms with van der Waals surface area (Å²) >= 11 is 0. The lowest BCUT2D eigenvalue weighted by molar-refractivity contribution is -0.129. The molecule has 102 valence electrons. The molecule has 1 aromatic carbocycles. The molecule has 1 aromatic rings. The molecule has 0 aliphatic rings. The van der Waals surface area contributed by atoms with E-state index in [0.717, 1.165) is 5.56 Å². The Labute approximate surface area is 115 Å². The molecule has 3 nitrogen and oxygen atoms in total. The topological polar surface area (TPSA) is 44.1 Å². The van der Waals surface area contributed by atoms with Crippen molar-refractivity contribution in [3.63, 3.8) is 0 Å². The van der Waals surface area contributed by atoms with Crippen molar-refractivity contribution in [2.75, 3.05) is 7.05 Å². The van der Waals surface area contributed by atoms with Crippen LogP contribution in [0.1, 0.15) is 43.9 Å². The number of aryl methyl sites for hydroxylation is 1. The molecule has 0 spiro atoms. The van der Waals surface area contributed by atoms with Crippen LogP contribution in [0.4, 0.5) is 0 Å². The normalized spacial score (nSPS) is 10.9. The van der Waals surface area contributed by atoms with Gasteiger partial charge in [-0.3, -0.25) is 4.79 Å². The van der Waals surface area contributed by atoms with Crippen molar-refractivity contribution in [2.45, 2.75) is 46.1 Å². The molecule has 0 aliphatic carbocycles. The molecule has 0 saturated carbocycles. The lowest BCUT2D eigenvalue weighted by atomic mass is 9.85. The van der Waals surface area contributed by atoms with Crippen molar-refractivity contribution >= 4 is 5.91 Å². The average molecular weight is 258 g/mol. The third-order valence-electron chi connectivity index (χ3n) is 3.28. The molecule has 0 N–H and O–H groups in total. The van der Waals surface area contributed by atoms with Gasteiger partial charge in [0.05, 0.1) is 6.07 Å². The Morgan fingerprint density at radius 1 is 1.37 bits per heavy atom. The zero-order valence-corrected chi connectivity index (χ0v) is 12.4. The van der Waals surface area contributed by atoms with Gasteiger partial charge in [0.15, 0.2) is 0 Å². The van der Waals surface area contributed by atoms with Crippen LogP contribution >= 0.6 is 0 Å². The molecule has 0 radical (unpaired) electrons. The molecule has 0 saturated heterocycles. The van der Waals surface area contributed by atoms with Crippen molar-refractivity contribution in [2.24, 2.45) is 0 Å². The zero-order valence-electron chi connectivity index (χ0n) is 12.4. The fourth-order valence-corrected chi connectivity index (χ4v) is 1.85. The van der Waals surface area contributed by atoms with Crippen LogP contribution in [-0.4, -0.2) is 17.9 Å². The van der Waals surface area contributed by atoms with Gasteiger partial charge in [-0.2, -0.15) is 5.26 Å². The van der Waals surface area contributed by atoms with Gasteiger partial charge in [0.1, 0.15) is 6.42 Å². The van der Waals surface area contributed by atoms with Crippen LogP contribution in [0.5, 0.6) is 0 Å². The molecule has 0 aliphatic heterocycles. The van der Waals surface area contributed by atoms with E-state index in [1.54, 1.807) is 11.9 Å². The summed E-state index contributed by atoms with van der Waals surface area (Å²) < 4.78 is 0. The van der Waals surface area contributed by atoms with E-state index in [-0.39, 0.29) is 17.7 Å². The van der Waals surface area contributed by atoms with Gasteiger partial charge in [0.25, 0.3) is 0 Å². The molecule has 1 rings (SSSR count). The molecule has 0 heterocycles. The summed E-state index contributed by atoms with van der Waals surface area (Å²) in [6.45, 7) is 9.12. The lowest BCUT2D eigenvalue weighted by Crippen LogP contribution is -2.26. The Morgan fingerprint density at radius 2 is 2.00 bits per heavy atom. The predicted octanol–water partition coefficient (Wildman–Crippen LogP) is 3.16. The summed E-state index contributed by atoms with van der Waals surface area (Å²) in [6, 6.07) is 8.28. The maximum absolute atomic E-state index is 11.6. The van der Waals surface area contributed by atoms with Gasteiger partial charge in [0, 0.05) is 13.6 Å². The third kappa shape index (κ3) is 4.10. The molecule has 3 heteroatoms. The van der Waals surface area contributed by atoms with Crippen molar-refractivity contribution in [3.05, 3.63) is 34.9 Å². The quantitative estimate of drug-likeness (QED) is 0.836. The van der Waals surface area contributed by atoms with Crippen molar-refractivity contribution in [1.82, 2.24) is 4.90 Å². The zero-order chi connectivity index (χ0) is 14.6. The average Bonchev–Trinajstić information content (AvgIpc) is 2.30. The SMILES string of the molecule is Cc1ccc(C(C)(C)C)cc1CN(C)C(=O)CC#N. The first-order chi connectivity index (χ1) is 8.75. The number of amides is 1. The highest BCUT2D eigenvalue weighted by Gasteiger charge is 2.16. The monoisotopic (exact) mass is 258 g/mol. The van der Waals surface area contributed by atoms with Gasteiger partial charge in [-0.1, -0.05) is 39.0 Å². The van der Waals surface area contributed by atoms with E-state index < -0.39 is 0 Å². The Kier molecular flexibility index (Phi) is 4.72. The van der Waals surface area contributed by atoms with E-state index in [4.69, 9.17) is 5.26 Å². The largest absolute Gasteiger partial charge is 0.341 e. The van der Waals surface area contributed by atoms with E-state index in [2.05, 4.69) is 39.0 Å². The maximum Gasteiger partial charge on any atom is 0.236 e. The molecule has 0 aromatic heterocycles. The van der Waals surface area contributed by atoms with Crippen molar-refractivity contribution in [1.29, 1.82) is 5.26 Å². The standard InChI is InChI=1S/C16H22N2O/c1-12-6-7-14(16(2,3)4)10-13(12)11-18(5)15(19)8-9-17/h6-7,10H,8,11H2,1-5H3. The van der Waals surface area contributed by atoms with Gasteiger partial charge in [-0.25, -0.2) is 0 Å². The van der Waals surface area contributed by atoms with E-state index in [0.29, 0.717) is 6.54 Å². The van der Waals surface area contributed by atoms with E-state index in [9.17, 15) is 4.79 Å². The fourth-order valence-electron chi connectivity index (χ4n) is 1.85. The van der Waals surface area contributed by atoms with Crippen LogP contribution < -0.4 is 0 Å². The Hall–Kier alpha value is -1.82. The number of rotatable bonds is 3. The van der Waals surface area contributed by atoms with Crippen LogP contribution in [0.25, 0.3) is 0 Å². The summed E-state index contributed by atoms with van der Waals surface area (Å²) in [5.74, 6) is -0.136. The summed E-state index contributed by atoms with van der Waals surface area (Å²) in [5, 5.41) is 8.56. The number of hydrogen-bond donors (Lipinski definition) is 0. The first-order valence-corrected chi connectivity index (χ1v) is 6.46. The third-order valence-corrected chi connectivity index (χ3v) is 3.28. The minimum Gasteiger partial charge on any atom is -0.341 e. The molecule has 0 unspecified atom stereocenters. The summed E-state index contributed by atoms with van der Waals surface area (Å²) in [5.41, 5.74) is 3.66. The predicted molar refractivity (Wildman–Crippen MR) is 76.6 cm³/mol. The molecule has 0 bridgehead atoms. The lowest BCUT2D eigenvalue weighted by Gasteiger charge is -2.23. The van der Waals surface area contributed by atoms with Crippen molar-refractivity contribution < 1.29 is 4.79 Å². The Bertz CT molecular complexity index is 506. The fraction of sp³-hybridized carbons (Fsp3) is 0.500. The first-order valence-electron chi connectivity index (χ1n) is 6.46. The number of nitrogens with zero attached hydrogens (tertiary/aromatic N) is 2. The van der Waals surface area contributed by atoms with E-state index in [1.165, 1.54) is 11.1 Å². The van der Waals surface area contributed by atoms with Gasteiger partial charge in [-0.05, 0) is 29.0 Å². The molecule has 0 atom stereocenters. The van der Waals surface area contributed by atoms with Gasteiger partial charge in [-0.15, -0.1) is 0 Å². The van der Waals surface area contributed by atoms with Crippen molar-refractivity contribution in [3.8, 4) is 6.07 Å². The number of hydrogen-bond acceptors (Lipinski definition) is 2. The molecule has 1 amide bonds. The molecule has 19 heavy (non-hydrogen) atoms. The number of nitriles is 1. The summed E-state index contributed by atoms with van der Waals surface area (Å²) in [4.78, 5) is 13.3. The second kappa shape index (κ2) is 5.88. The number of carbonyl (C=O) groups is 1. The van der Waals surface area contributed by atoms with Gasteiger partial charge < -0.3 is 4.90 Å². The number of benzene rings is 1. The second-order valence-electron chi connectivity index (χ2n) is 5.98. The van der Waals surface area contributed by atoms with Gasteiger partial charge >= 0.3 is 0 Å². The molecular formula is C16H22N2O. The highest BCUT2D eigenvalue weighted by molar-refractivity contribution is 5.77. The van der Waals surface area contributed by atoms with Gasteiger partial charge in [0.2, 0.25) is 5.91 Å². The minimum absolute atomic E-state index is 0.0610. The van der Waals surface area contributed by atoms with Crippen LogP contribution in [0.15, 0.2) is 18.2 Å². The minimum atomic E-state index is -0.136. The number of carbonyl (C=O) groups excluding carboxylic acids is 1. The Balaban J connectivity index is 2.95. The summed E-state index contributed by atoms with van der Waals surface area (Å²) in [6.07, 6.45) is -0.0610. The second-order valence-corrected chi connectivity index (χ2v) is 5.98. The van der Waals surface area contributed by atoms with E-state index >= 15 is 0 Å². The van der Waals surface area contributed by atoms with Crippen LogP contribution in [-0.2, 0) is 16.8 Å². The molecular weight excluding hydrogens is 236 g/mol. The van der Waals surface area contributed by atoms with Crippen LogP contribution in [0, 0.1) is 18.3 Å². The smallest absolute Gasteiger partial charge is 0.236 e. The summed E-state index contributed by atoms with van der Waals surface area (Å²) in [7, 11) is 1.74. The maximum atomic E-state index is 11.6. The Morgan fingerprint density at radius 3 is 2.53 bits per heavy atom. The molecule has 0 fully saturated rings.